The molecule has 0 spiro atoms. The van der Waals surface area contributed by atoms with Gasteiger partial charge in [-0.05, 0) is 69.5 Å². The third kappa shape index (κ3) is 7.59. The molecule has 2 aliphatic rings. The Morgan fingerprint density at radius 1 is 0.929 bits per heavy atom. The van der Waals surface area contributed by atoms with E-state index >= 15 is 0 Å². The molecule has 28 heavy (non-hydrogen) atoms. The van der Waals surface area contributed by atoms with Crippen molar-refractivity contribution in [3.63, 3.8) is 0 Å². The lowest BCUT2D eigenvalue weighted by molar-refractivity contribution is -0.119. The smallest absolute Gasteiger partial charge is 0.238 e. The summed E-state index contributed by atoms with van der Waals surface area (Å²) in [5, 5.41) is 5.88. The van der Waals surface area contributed by atoms with E-state index in [9.17, 15) is 9.59 Å². The fourth-order valence-electron chi connectivity index (χ4n) is 3.83. The fraction of sp³-hybridized carbons (Fsp3) is 0.600. The van der Waals surface area contributed by atoms with E-state index in [1.807, 2.05) is 24.3 Å². The van der Waals surface area contributed by atoms with Crippen molar-refractivity contribution in [2.75, 3.05) is 30.3 Å². The first-order chi connectivity index (χ1) is 12.6. The number of nitrogens with one attached hydrogen (secondary N) is 2. The number of nitrogens with zero attached hydrogens (tertiary/aromatic N) is 1. The maximum Gasteiger partial charge on any atom is 0.238 e. The average molecular weight is 431 g/mol. The van der Waals surface area contributed by atoms with Crippen LogP contribution in [0.4, 0.5) is 11.4 Å². The first-order valence-electron chi connectivity index (χ1n) is 9.79. The van der Waals surface area contributed by atoms with Gasteiger partial charge in [-0.25, -0.2) is 0 Å². The molecule has 1 aromatic carbocycles. The summed E-state index contributed by atoms with van der Waals surface area (Å²) in [6.45, 7) is 2.45. The van der Waals surface area contributed by atoms with Crippen LogP contribution >= 0.6 is 24.8 Å². The van der Waals surface area contributed by atoms with Crippen molar-refractivity contribution in [3.05, 3.63) is 24.3 Å². The number of anilines is 2. The Morgan fingerprint density at radius 2 is 1.50 bits per heavy atom. The minimum Gasteiger partial charge on any atom is -0.328 e. The highest BCUT2D eigenvalue weighted by atomic mass is 35.5. The van der Waals surface area contributed by atoms with Gasteiger partial charge in [0.05, 0.1) is 6.54 Å². The lowest BCUT2D eigenvalue weighted by atomic mass is 10.1. The molecular formula is C20H32Cl2N4O2. The number of benzene rings is 1. The number of halogens is 2. The second-order valence-electron chi connectivity index (χ2n) is 7.58. The fourth-order valence-corrected chi connectivity index (χ4v) is 3.83. The van der Waals surface area contributed by atoms with Crippen LogP contribution < -0.4 is 16.4 Å². The molecule has 1 saturated heterocycles. The van der Waals surface area contributed by atoms with Gasteiger partial charge in [0, 0.05) is 23.3 Å². The Kier molecular flexibility index (Phi) is 10.8. The Balaban J connectivity index is 0.00000196. The molecular weight excluding hydrogens is 399 g/mol. The quantitative estimate of drug-likeness (QED) is 0.667. The number of carbonyl (C=O) groups is 2. The van der Waals surface area contributed by atoms with Crippen molar-refractivity contribution in [1.29, 1.82) is 0 Å². The maximum atomic E-state index is 12.2. The average Bonchev–Trinajstić information content (AvgIpc) is 2.90. The van der Waals surface area contributed by atoms with Gasteiger partial charge in [0.25, 0.3) is 0 Å². The molecule has 2 amide bonds. The highest BCUT2D eigenvalue weighted by Gasteiger charge is 2.27. The molecule has 8 heteroatoms. The molecule has 1 heterocycles. The van der Waals surface area contributed by atoms with E-state index in [4.69, 9.17) is 5.73 Å². The van der Waals surface area contributed by atoms with Crippen LogP contribution in [0.5, 0.6) is 0 Å². The first kappa shape index (κ1) is 24.7. The number of hydrogen-bond acceptors (Lipinski definition) is 4. The van der Waals surface area contributed by atoms with Crippen LogP contribution in [0.15, 0.2) is 24.3 Å². The Labute approximate surface area is 179 Å². The van der Waals surface area contributed by atoms with E-state index in [2.05, 4.69) is 15.5 Å². The monoisotopic (exact) mass is 430 g/mol. The van der Waals surface area contributed by atoms with Gasteiger partial charge in [-0.2, -0.15) is 0 Å². The van der Waals surface area contributed by atoms with Gasteiger partial charge < -0.3 is 16.4 Å². The van der Waals surface area contributed by atoms with Crippen molar-refractivity contribution in [3.8, 4) is 0 Å². The van der Waals surface area contributed by atoms with Crippen LogP contribution in [-0.4, -0.2) is 42.4 Å². The van der Waals surface area contributed by atoms with Crippen molar-refractivity contribution in [1.82, 2.24) is 4.90 Å². The van der Waals surface area contributed by atoms with Crippen molar-refractivity contribution in [2.45, 2.75) is 51.0 Å². The summed E-state index contributed by atoms with van der Waals surface area (Å²) in [7, 11) is 0. The molecule has 2 fully saturated rings. The summed E-state index contributed by atoms with van der Waals surface area (Å²) in [6.07, 6.45) is 7.41. The third-order valence-corrected chi connectivity index (χ3v) is 5.35. The second kappa shape index (κ2) is 12.3. The van der Waals surface area contributed by atoms with Crippen LogP contribution in [0.1, 0.15) is 44.9 Å². The summed E-state index contributed by atoms with van der Waals surface area (Å²) >= 11 is 0. The zero-order valence-electron chi connectivity index (χ0n) is 16.2. The molecule has 4 N–H and O–H groups in total. The molecule has 2 unspecified atom stereocenters. The molecule has 0 aromatic heterocycles. The SMILES string of the molecule is Cl.Cl.NC1CCC(C(=O)Nc2ccc(NC(=O)CN3CCCCCC3)cc2)C1. The summed E-state index contributed by atoms with van der Waals surface area (Å²) in [6, 6.07) is 7.46. The summed E-state index contributed by atoms with van der Waals surface area (Å²) < 4.78 is 0. The molecule has 1 aliphatic carbocycles. The molecule has 0 bridgehead atoms. The lowest BCUT2D eigenvalue weighted by Gasteiger charge is -2.19. The number of hydrogen-bond donors (Lipinski definition) is 3. The standard InChI is InChI=1S/C20H30N4O2.2ClH/c21-16-6-5-15(13-16)20(26)23-18-9-7-17(8-10-18)22-19(25)14-24-11-3-1-2-4-12-24;;/h7-10,15-16H,1-6,11-14,21H2,(H,22,25)(H,23,26);2*1H. The minimum atomic E-state index is 0. The van der Waals surface area contributed by atoms with E-state index in [-0.39, 0.29) is 48.6 Å². The van der Waals surface area contributed by atoms with Crippen LogP contribution in [0, 0.1) is 5.92 Å². The van der Waals surface area contributed by atoms with Crippen LogP contribution in [0.2, 0.25) is 0 Å². The predicted molar refractivity (Wildman–Crippen MR) is 118 cm³/mol. The molecule has 1 saturated carbocycles. The number of likely N-dealkylation sites (tertiary alicyclic amines) is 1. The molecule has 3 rings (SSSR count). The topological polar surface area (TPSA) is 87.5 Å². The van der Waals surface area contributed by atoms with Crippen molar-refractivity contribution in [2.24, 2.45) is 11.7 Å². The highest BCUT2D eigenvalue weighted by Crippen LogP contribution is 2.25. The van der Waals surface area contributed by atoms with Crippen molar-refractivity contribution < 1.29 is 9.59 Å². The number of carbonyl (C=O) groups excluding carboxylic acids is 2. The highest BCUT2D eigenvalue weighted by molar-refractivity contribution is 5.94. The van der Waals surface area contributed by atoms with Gasteiger partial charge in [0.15, 0.2) is 0 Å². The Bertz CT molecular complexity index is 619. The Hall–Kier alpha value is -1.34. The predicted octanol–water partition coefficient (Wildman–Crippen LogP) is 3.41. The van der Waals surface area contributed by atoms with Gasteiger partial charge in [0.1, 0.15) is 0 Å². The molecule has 6 nitrogen and oxygen atoms in total. The zero-order chi connectivity index (χ0) is 18.4. The van der Waals surface area contributed by atoms with E-state index in [0.29, 0.717) is 6.54 Å². The van der Waals surface area contributed by atoms with Gasteiger partial charge in [-0.1, -0.05) is 12.8 Å². The van der Waals surface area contributed by atoms with Crippen LogP contribution in [0.3, 0.4) is 0 Å². The second-order valence-corrected chi connectivity index (χ2v) is 7.58. The van der Waals surface area contributed by atoms with Gasteiger partial charge in [-0.15, -0.1) is 24.8 Å². The summed E-state index contributed by atoms with van der Waals surface area (Å²) in [5.74, 6) is 0.0672. The third-order valence-electron chi connectivity index (χ3n) is 5.35. The summed E-state index contributed by atoms with van der Waals surface area (Å²) in [5.41, 5.74) is 7.38. The van der Waals surface area contributed by atoms with Crippen LogP contribution in [0.25, 0.3) is 0 Å². The number of rotatable bonds is 5. The molecule has 1 aliphatic heterocycles. The normalized spacial score (nSPS) is 22.3. The first-order valence-corrected chi connectivity index (χ1v) is 9.79. The largest absolute Gasteiger partial charge is 0.328 e. The van der Waals surface area contributed by atoms with Crippen molar-refractivity contribution >= 4 is 48.0 Å². The number of nitrogens with two attached hydrogens (primary N) is 1. The summed E-state index contributed by atoms with van der Waals surface area (Å²) in [4.78, 5) is 26.7. The van der Waals surface area contributed by atoms with E-state index < -0.39 is 0 Å². The van der Waals surface area contributed by atoms with Gasteiger partial charge in [-0.3, -0.25) is 14.5 Å². The van der Waals surface area contributed by atoms with E-state index in [1.54, 1.807) is 0 Å². The van der Waals surface area contributed by atoms with E-state index in [1.165, 1.54) is 25.7 Å². The zero-order valence-corrected chi connectivity index (χ0v) is 17.8. The van der Waals surface area contributed by atoms with E-state index in [0.717, 1.165) is 43.7 Å². The molecule has 0 radical (unpaired) electrons. The molecule has 2 atom stereocenters. The Morgan fingerprint density at radius 3 is 2.04 bits per heavy atom. The van der Waals surface area contributed by atoms with Gasteiger partial charge >= 0.3 is 0 Å². The molecule has 1 aromatic rings. The molecule has 158 valence electrons. The lowest BCUT2D eigenvalue weighted by Crippen LogP contribution is -2.33. The number of amides is 2. The maximum absolute atomic E-state index is 12.2. The minimum absolute atomic E-state index is 0. The van der Waals surface area contributed by atoms with Gasteiger partial charge in [0.2, 0.25) is 11.8 Å². The van der Waals surface area contributed by atoms with Crippen LogP contribution in [-0.2, 0) is 9.59 Å².